The molecular weight excluding hydrogens is 228 g/mol. The predicted molar refractivity (Wildman–Crippen MR) is 76.4 cm³/mol. The highest BCUT2D eigenvalue weighted by Crippen LogP contribution is 2.22. The number of hydrogen-bond donors (Lipinski definition) is 1. The molecule has 3 heteroatoms. The van der Waals surface area contributed by atoms with E-state index in [0.29, 0.717) is 6.04 Å². The molecule has 0 radical (unpaired) electrons. The van der Waals surface area contributed by atoms with Crippen molar-refractivity contribution in [1.29, 1.82) is 0 Å². The van der Waals surface area contributed by atoms with E-state index in [-0.39, 0.29) is 0 Å². The SMILES string of the molecule is CC(C)CCSc1ncccc1CNC(C)C. The highest BCUT2D eigenvalue weighted by molar-refractivity contribution is 7.99. The van der Waals surface area contributed by atoms with Gasteiger partial charge in [0.2, 0.25) is 0 Å². The lowest BCUT2D eigenvalue weighted by Crippen LogP contribution is -2.22. The topological polar surface area (TPSA) is 24.9 Å². The van der Waals surface area contributed by atoms with Crippen LogP contribution in [0.2, 0.25) is 0 Å². The van der Waals surface area contributed by atoms with Crippen LogP contribution in [0, 0.1) is 5.92 Å². The van der Waals surface area contributed by atoms with Gasteiger partial charge >= 0.3 is 0 Å². The molecule has 0 saturated heterocycles. The van der Waals surface area contributed by atoms with Crippen molar-refractivity contribution in [3.63, 3.8) is 0 Å². The number of pyridine rings is 1. The summed E-state index contributed by atoms with van der Waals surface area (Å²) in [6.07, 6.45) is 3.13. The van der Waals surface area contributed by atoms with Gasteiger partial charge in [-0.15, -0.1) is 11.8 Å². The van der Waals surface area contributed by atoms with Crippen molar-refractivity contribution >= 4 is 11.8 Å². The largest absolute Gasteiger partial charge is 0.310 e. The first-order valence-corrected chi connectivity index (χ1v) is 7.38. The first kappa shape index (κ1) is 14.5. The van der Waals surface area contributed by atoms with Gasteiger partial charge < -0.3 is 5.32 Å². The molecule has 1 heterocycles. The van der Waals surface area contributed by atoms with Crippen LogP contribution in [-0.4, -0.2) is 16.8 Å². The van der Waals surface area contributed by atoms with Gasteiger partial charge in [0.1, 0.15) is 5.03 Å². The van der Waals surface area contributed by atoms with Crippen LogP contribution < -0.4 is 5.32 Å². The fourth-order valence-electron chi connectivity index (χ4n) is 1.39. The molecule has 17 heavy (non-hydrogen) atoms. The molecule has 1 N–H and O–H groups in total. The van der Waals surface area contributed by atoms with Gasteiger partial charge in [-0.3, -0.25) is 0 Å². The monoisotopic (exact) mass is 252 g/mol. The van der Waals surface area contributed by atoms with Gasteiger partial charge in [-0.05, 0) is 29.7 Å². The van der Waals surface area contributed by atoms with E-state index in [1.54, 1.807) is 0 Å². The summed E-state index contributed by atoms with van der Waals surface area (Å²) in [5.74, 6) is 1.92. The van der Waals surface area contributed by atoms with Crippen molar-refractivity contribution < 1.29 is 0 Å². The minimum Gasteiger partial charge on any atom is -0.310 e. The lowest BCUT2D eigenvalue weighted by Gasteiger charge is -2.11. The van der Waals surface area contributed by atoms with E-state index in [9.17, 15) is 0 Å². The molecule has 0 spiro atoms. The summed E-state index contributed by atoms with van der Waals surface area (Å²) in [6, 6.07) is 4.70. The van der Waals surface area contributed by atoms with E-state index < -0.39 is 0 Å². The van der Waals surface area contributed by atoms with Crippen LogP contribution in [0.3, 0.4) is 0 Å². The molecule has 0 fully saturated rings. The second kappa shape index (κ2) is 7.72. The molecule has 0 aliphatic rings. The normalized spacial score (nSPS) is 11.4. The third kappa shape index (κ3) is 6.08. The molecule has 0 saturated carbocycles. The Morgan fingerprint density at radius 3 is 2.71 bits per heavy atom. The maximum atomic E-state index is 4.48. The zero-order valence-corrected chi connectivity index (χ0v) is 12.2. The maximum absolute atomic E-state index is 4.48. The van der Waals surface area contributed by atoms with E-state index in [4.69, 9.17) is 0 Å². The van der Waals surface area contributed by atoms with Gasteiger partial charge in [-0.2, -0.15) is 0 Å². The van der Waals surface area contributed by atoms with Gasteiger partial charge in [-0.25, -0.2) is 4.98 Å². The van der Waals surface area contributed by atoms with Gasteiger partial charge in [0, 0.05) is 18.8 Å². The van der Waals surface area contributed by atoms with Crippen molar-refractivity contribution in [3.8, 4) is 0 Å². The van der Waals surface area contributed by atoms with Gasteiger partial charge in [0.05, 0.1) is 0 Å². The number of nitrogens with one attached hydrogen (secondary N) is 1. The number of hydrogen-bond acceptors (Lipinski definition) is 3. The standard InChI is InChI=1S/C14H24N2S/c1-11(2)7-9-17-14-13(6-5-8-15-14)10-16-12(3)4/h5-6,8,11-12,16H,7,9-10H2,1-4H3. The third-order valence-electron chi connectivity index (χ3n) is 2.48. The average molecular weight is 252 g/mol. The Morgan fingerprint density at radius 1 is 1.29 bits per heavy atom. The molecule has 0 aromatic carbocycles. The van der Waals surface area contributed by atoms with E-state index in [1.165, 1.54) is 17.0 Å². The molecule has 1 rings (SSSR count). The Bertz CT molecular complexity index is 324. The molecular formula is C14H24N2S. The fraction of sp³-hybridized carbons (Fsp3) is 0.643. The molecule has 0 bridgehead atoms. The Balaban J connectivity index is 2.51. The van der Waals surface area contributed by atoms with Crippen LogP contribution in [-0.2, 0) is 6.54 Å². The second-order valence-corrected chi connectivity index (χ2v) is 6.12. The fourth-order valence-corrected chi connectivity index (χ4v) is 2.64. The molecule has 1 aromatic heterocycles. The van der Waals surface area contributed by atoms with Gasteiger partial charge in [0.15, 0.2) is 0 Å². The smallest absolute Gasteiger partial charge is 0.100 e. The van der Waals surface area contributed by atoms with Crippen LogP contribution >= 0.6 is 11.8 Å². The number of rotatable bonds is 7. The van der Waals surface area contributed by atoms with Crippen LogP contribution in [0.4, 0.5) is 0 Å². The summed E-state index contributed by atoms with van der Waals surface area (Å²) < 4.78 is 0. The molecule has 0 unspecified atom stereocenters. The van der Waals surface area contributed by atoms with Gasteiger partial charge in [-0.1, -0.05) is 33.8 Å². The first-order valence-electron chi connectivity index (χ1n) is 6.39. The Labute approximate surface area is 110 Å². The zero-order valence-electron chi connectivity index (χ0n) is 11.4. The summed E-state index contributed by atoms with van der Waals surface area (Å²) in [7, 11) is 0. The van der Waals surface area contributed by atoms with Crippen LogP contribution in [0.1, 0.15) is 39.7 Å². The van der Waals surface area contributed by atoms with E-state index in [1.807, 2.05) is 24.0 Å². The van der Waals surface area contributed by atoms with Gasteiger partial charge in [0.25, 0.3) is 0 Å². The van der Waals surface area contributed by atoms with Crippen molar-refractivity contribution in [3.05, 3.63) is 23.9 Å². The molecule has 0 atom stereocenters. The minimum atomic E-state index is 0.517. The quantitative estimate of drug-likeness (QED) is 0.749. The average Bonchev–Trinajstić information content (AvgIpc) is 2.27. The maximum Gasteiger partial charge on any atom is 0.100 e. The molecule has 1 aromatic rings. The number of aromatic nitrogens is 1. The lowest BCUT2D eigenvalue weighted by atomic mass is 10.2. The molecule has 0 aliphatic carbocycles. The summed E-state index contributed by atoms with van der Waals surface area (Å²) in [4.78, 5) is 4.48. The summed E-state index contributed by atoms with van der Waals surface area (Å²) in [5.41, 5.74) is 1.31. The Morgan fingerprint density at radius 2 is 2.06 bits per heavy atom. The lowest BCUT2D eigenvalue weighted by molar-refractivity contribution is 0.582. The van der Waals surface area contributed by atoms with E-state index >= 15 is 0 Å². The highest BCUT2D eigenvalue weighted by Gasteiger charge is 2.05. The summed E-state index contributed by atoms with van der Waals surface area (Å²) >= 11 is 1.88. The van der Waals surface area contributed by atoms with Crippen molar-refractivity contribution in [2.75, 3.05) is 5.75 Å². The van der Waals surface area contributed by atoms with E-state index in [0.717, 1.165) is 18.2 Å². The molecule has 96 valence electrons. The van der Waals surface area contributed by atoms with Crippen LogP contribution in [0.25, 0.3) is 0 Å². The molecule has 0 amide bonds. The molecule has 2 nitrogen and oxygen atoms in total. The number of thioether (sulfide) groups is 1. The van der Waals surface area contributed by atoms with Crippen LogP contribution in [0.5, 0.6) is 0 Å². The number of nitrogens with zero attached hydrogens (tertiary/aromatic N) is 1. The van der Waals surface area contributed by atoms with Crippen molar-refractivity contribution in [2.45, 2.75) is 51.7 Å². The predicted octanol–water partition coefficient (Wildman–Crippen LogP) is 3.72. The summed E-state index contributed by atoms with van der Waals surface area (Å²) in [6.45, 7) is 9.78. The highest BCUT2D eigenvalue weighted by atomic mass is 32.2. The zero-order chi connectivity index (χ0) is 12.7. The molecule has 0 aliphatic heterocycles. The van der Waals surface area contributed by atoms with E-state index in [2.05, 4.69) is 44.1 Å². The van der Waals surface area contributed by atoms with Crippen LogP contribution in [0.15, 0.2) is 23.4 Å². The first-order chi connectivity index (χ1) is 8.09. The Hall–Kier alpha value is -0.540. The Kier molecular flexibility index (Phi) is 6.60. The van der Waals surface area contributed by atoms with Crippen molar-refractivity contribution in [1.82, 2.24) is 10.3 Å². The minimum absolute atomic E-state index is 0.517. The third-order valence-corrected chi connectivity index (χ3v) is 3.57. The second-order valence-electron chi connectivity index (χ2n) is 5.03. The summed E-state index contributed by atoms with van der Waals surface area (Å²) in [5, 5.41) is 4.63. The van der Waals surface area contributed by atoms with Crippen molar-refractivity contribution in [2.24, 2.45) is 5.92 Å².